The Morgan fingerprint density at radius 2 is 1.86 bits per heavy atom. The van der Waals surface area contributed by atoms with Crippen LogP contribution in [0.15, 0.2) is 47.4 Å². The molecular weight excluding hydrogens is 286 g/mol. The number of nitrogens with zero attached hydrogens (tertiary/aromatic N) is 2. The van der Waals surface area contributed by atoms with Gasteiger partial charge in [-0.1, -0.05) is 12.1 Å². The summed E-state index contributed by atoms with van der Waals surface area (Å²) in [6, 6.07) is 13.2. The summed E-state index contributed by atoms with van der Waals surface area (Å²) < 4.78 is 26.4. The highest BCUT2D eigenvalue weighted by molar-refractivity contribution is 7.92. The van der Waals surface area contributed by atoms with Gasteiger partial charge in [-0.25, -0.2) is 8.42 Å². The lowest BCUT2D eigenvalue weighted by Crippen LogP contribution is -2.27. The van der Waals surface area contributed by atoms with Crippen molar-refractivity contribution in [3.63, 3.8) is 0 Å². The maximum atomic E-state index is 12.7. The Morgan fingerprint density at radius 1 is 1.19 bits per heavy atom. The van der Waals surface area contributed by atoms with Crippen molar-refractivity contribution in [2.75, 3.05) is 17.1 Å². The molecule has 108 valence electrons. The highest BCUT2D eigenvalue weighted by atomic mass is 32.2. The number of benzene rings is 2. The summed E-state index contributed by atoms with van der Waals surface area (Å²) in [6.07, 6.45) is 0. The number of nitrogen functional groups attached to an aromatic ring is 1. The van der Waals surface area contributed by atoms with E-state index in [9.17, 15) is 8.42 Å². The SMILES string of the molecule is Cc1cc(N)cc(S(=O)(=O)N(C)c2ccccc2C#N)c1. The third-order valence-corrected chi connectivity index (χ3v) is 4.84. The zero-order valence-corrected chi connectivity index (χ0v) is 12.6. The largest absolute Gasteiger partial charge is 0.399 e. The fourth-order valence-corrected chi connectivity index (χ4v) is 3.41. The van der Waals surface area contributed by atoms with Crippen molar-refractivity contribution in [2.24, 2.45) is 0 Å². The van der Waals surface area contributed by atoms with Gasteiger partial charge in [0.15, 0.2) is 0 Å². The summed E-state index contributed by atoms with van der Waals surface area (Å²) >= 11 is 0. The Balaban J connectivity index is 2.56. The molecule has 0 aliphatic carbocycles. The third-order valence-electron chi connectivity index (χ3n) is 3.10. The first kappa shape index (κ1) is 14.9. The molecule has 0 atom stereocenters. The molecule has 0 aliphatic rings. The minimum absolute atomic E-state index is 0.107. The molecule has 2 N–H and O–H groups in total. The number of hydrogen-bond donors (Lipinski definition) is 1. The molecule has 0 bridgehead atoms. The molecule has 0 aliphatic heterocycles. The summed E-state index contributed by atoms with van der Waals surface area (Å²) in [7, 11) is -2.35. The average Bonchev–Trinajstić information content (AvgIpc) is 2.45. The summed E-state index contributed by atoms with van der Waals surface area (Å²) in [5.41, 5.74) is 7.49. The molecule has 5 nitrogen and oxygen atoms in total. The molecule has 21 heavy (non-hydrogen) atoms. The van der Waals surface area contributed by atoms with Gasteiger partial charge in [0.1, 0.15) is 6.07 Å². The Morgan fingerprint density at radius 3 is 2.48 bits per heavy atom. The van der Waals surface area contributed by atoms with Crippen LogP contribution in [0.3, 0.4) is 0 Å². The second-order valence-corrected chi connectivity index (χ2v) is 6.65. The number of hydrogen-bond acceptors (Lipinski definition) is 4. The smallest absolute Gasteiger partial charge is 0.264 e. The van der Waals surface area contributed by atoms with Crippen molar-refractivity contribution in [3.05, 3.63) is 53.6 Å². The fraction of sp³-hybridized carbons (Fsp3) is 0.133. The van der Waals surface area contributed by atoms with Crippen molar-refractivity contribution in [1.82, 2.24) is 0 Å². The van der Waals surface area contributed by atoms with Crippen LogP contribution in [-0.4, -0.2) is 15.5 Å². The molecule has 0 amide bonds. The normalized spacial score (nSPS) is 10.9. The predicted octanol–water partition coefficient (Wildman–Crippen LogP) is 2.27. The van der Waals surface area contributed by atoms with E-state index in [4.69, 9.17) is 11.0 Å². The Kier molecular flexibility index (Phi) is 3.87. The van der Waals surface area contributed by atoms with Crippen LogP contribution in [0, 0.1) is 18.3 Å². The molecule has 0 radical (unpaired) electrons. The number of anilines is 2. The van der Waals surface area contributed by atoms with Crippen molar-refractivity contribution in [1.29, 1.82) is 5.26 Å². The number of para-hydroxylation sites is 1. The lowest BCUT2D eigenvalue weighted by molar-refractivity contribution is 0.594. The van der Waals surface area contributed by atoms with Crippen molar-refractivity contribution < 1.29 is 8.42 Å². The Labute approximate surface area is 124 Å². The van der Waals surface area contributed by atoms with Gasteiger partial charge < -0.3 is 5.73 Å². The molecule has 0 fully saturated rings. The monoisotopic (exact) mass is 301 g/mol. The summed E-state index contributed by atoms with van der Waals surface area (Å²) in [5, 5.41) is 9.10. The molecule has 0 aromatic heterocycles. The van der Waals surface area contributed by atoms with Crippen LogP contribution in [0.5, 0.6) is 0 Å². The van der Waals surface area contributed by atoms with Gasteiger partial charge in [0.25, 0.3) is 10.0 Å². The minimum atomic E-state index is -3.77. The molecule has 6 heteroatoms. The van der Waals surface area contributed by atoms with E-state index in [1.54, 1.807) is 43.3 Å². The van der Waals surface area contributed by atoms with Crippen LogP contribution in [0.2, 0.25) is 0 Å². The topological polar surface area (TPSA) is 87.2 Å². The minimum Gasteiger partial charge on any atom is -0.399 e. The van der Waals surface area contributed by atoms with Gasteiger partial charge in [-0.3, -0.25) is 4.31 Å². The Bertz CT molecular complexity index is 803. The Hall–Kier alpha value is -2.52. The van der Waals surface area contributed by atoms with Crippen molar-refractivity contribution in [2.45, 2.75) is 11.8 Å². The maximum absolute atomic E-state index is 12.7. The average molecular weight is 301 g/mol. The van der Waals surface area contributed by atoms with Gasteiger partial charge >= 0.3 is 0 Å². The van der Waals surface area contributed by atoms with Crippen LogP contribution in [-0.2, 0) is 10.0 Å². The lowest BCUT2D eigenvalue weighted by Gasteiger charge is -2.21. The van der Waals surface area contributed by atoms with Crippen molar-refractivity contribution >= 4 is 21.4 Å². The van der Waals surface area contributed by atoms with E-state index in [0.717, 1.165) is 9.87 Å². The van der Waals surface area contributed by atoms with Crippen LogP contribution < -0.4 is 10.0 Å². The quantitative estimate of drug-likeness (QED) is 0.881. The fourth-order valence-electron chi connectivity index (χ4n) is 2.06. The molecule has 2 rings (SSSR count). The number of nitrogens with two attached hydrogens (primary N) is 1. The lowest BCUT2D eigenvalue weighted by atomic mass is 10.2. The first-order valence-electron chi connectivity index (χ1n) is 6.21. The number of sulfonamides is 1. The molecule has 0 spiro atoms. The van der Waals surface area contributed by atoms with Gasteiger partial charge in [0.2, 0.25) is 0 Å². The van der Waals surface area contributed by atoms with Crippen molar-refractivity contribution in [3.8, 4) is 6.07 Å². The molecule has 0 saturated heterocycles. The van der Waals surface area contributed by atoms with E-state index in [1.165, 1.54) is 13.1 Å². The predicted molar refractivity (Wildman–Crippen MR) is 82.3 cm³/mol. The zero-order chi connectivity index (χ0) is 15.6. The van der Waals surface area contributed by atoms with E-state index in [-0.39, 0.29) is 4.90 Å². The van der Waals surface area contributed by atoms with Crippen LogP contribution in [0.25, 0.3) is 0 Å². The second kappa shape index (κ2) is 5.46. The van der Waals surface area contributed by atoms with Gasteiger partial charge in [0.05, 0.1) is 16.1 Å². The van der Waals surface area contributed by atoms with E-state index in [1.807, 2.05) is 6.07 Å². The number of nitriles is 1. The highest BCUT2D eigenvalue weighted by Crippen LogP contribution is 2.26. The first-order valence-corrected chi connectivity index (χ1v) is 7.65. The van der Waals surface area contributed by atoms with Gasteiger partial charge in [0, 0.05) is 12.7 Å². The molecule has 0 saturated carbocycles. The van der Waals surface area contributed by atoms with Crippen LogP contribution in [0.1, 0.15) is 11.1 Å². The van der Waals surface area contributed by atoms with Crippen LogP contribution >= 0.6 is 0 Å². The van der Waals surface area contributed by atoms with E-state index < -0.39 is 10.0 Å². The molecule has 2 aromatic carbocycles. The summed E-state index contributed by atoms with van der Waals surface area (Å²) in [4.78, 5) is 0.107. The number of rotatable bonds is 3. The molecule has 2 aromatic rings. The van der Waals surface area contributed by atoms with E-state index in [2.05, 4.69) is 0 Å². The van der Waals surface area contributed by atoms with E-state index >= 15 is 0 Å². The summed E-state index contributed by atoms with van der Waals surface area (Å²) in [6.45, 7) is 1.78. The summed E-state index contributed by atoms with van der Waals surface area (Å²) in [5.74, 6) is 0. The first-order chi connectivity index (χ1) is 9.86. The third kappa shape index (κ3) is 2.83. The molecule has 0 unspecified atom stereocenters. The second-order valence-electron chi connectivity index (χ2n) is 4.68. The van der Waals surface area contributed by atoms with E-state index in [0.29, 0.717) is 16.9 Å². The molecular formula is C15H15N3O2S. The van der Waals surface area contributed by atoms with Gasteiger partial charge in [-0.05, 0) is 42.8 Å². The standard InChI is InChI=1S/C15H15N3O2S/c1-11-7-13(17)9-14(8-11)21(19,20)18(2)15-6-4-3-5-12(15)10-16/h3-9H,17H2,1-2H3. The van der Waals surface area contributed by atoms with Gasteiger partial charge in [-0.15, -0.1) is 0 Å². The zero-order valence-electron chi connectivity index (χ0n) is 11.7. The molecule has 0 heterocycles. The maximum Gasteiger partial charge on any atom is 0.264 e. The highest BCUT2D eigenvalue weighted by Gasteiger charge is 2.23. The van der Waals surface area contributed by atoms with Crippen LogP contribution in [0.4, 0.5) is 11.4 Å². The van der Waals surface area contributed by atoms with Gasteiger partial charge in [-0.2, -0.15) is 5.26 Å². The number of aryl methyl sites for hydroxylation is 1.